The van der Waals surface area contributed by atoms with Crippen LogP contribution in [0, 0.1) is 12.8 Å². The monoisotopic (exact) mass is 270 g/mol. The predicted molar refractivity (Wildman–Crippen MR) is 81.8 cm³/mol. The molecule has 3 nitrogen and oxygen atoms in total. The summed E-state index contributed by atoms with van der Waals surface area (Å²) < 4.78 is 5.84. The number of para-hydroxylation sites is 1. The van der Waals surface area contributed by atoms with Gasteiger partial charge in [0.1, 0.15) is 0 Å². The Kier molecular flexibility index (Phi) is 3.99. The lowest BCUT2D eigenvalue weighted by atomic mass is 9.87. The Morgan fingerprint density at radius 2 is 2.00 bits per heavy atom. The molecule has 0 aliphatic carbocycles. The van der Waals surface area contributed by atoms with E-state index in [1.165, 1.54) is 23.8 Å². The zero-order valence-corrected chi connectivity index (χ0v) is 12.2. The Morgan fingerprint density at radius 1 is 1.25 bits per heavy atom. The highest BCUT2D eigenvalue weighted by Crippen LogP contribution is 2.34. The van der Waals surface area contributed by atoms with Crippen LogP contribution in [0.25, 0.3) is 10.9 Å². The Hall–Kier alpha value is -1.45. The molecule has 0 amide bonds. The molecule has 20 heavy (non-hydrogen) atoms. The topological polar surface area (TPSA) is 34.1 Å². The third-order valence-electron chi connectivity index (χ3n) is 4.33. The molecule has 1 unspecified atom stereocenters. The van der Waals surface area contributed by atoms with E-state index < -0.39 is 0 Å². The summed E-state index contributed by atoms with van der Waals surface area (Å²) >= 11 is 0. The molecular weight excluding hydrogens is 248 g/mol. The largest absolute Gasteiger partial charge is 0.376 e. The van der Waals surface area contributed by atoms with Crippen LogP contribution in [-0.4, -0.2) is 25.2 Å². The van der Waals surface area contributed by atoms with Crippen molar-refractivity contribution in [1.29, 1.82) is 0 Å². The van der Waals surface area contributed by atoms with E-state index in [4.69, 9.17) is 9.72 Å². The summed E-state index contributed by atoms with van der Waals surface area (Å²) in [6.07, 6.45) is 2.50. The zero-order valence-electron chi connectivity index (χ0n) is 12.2. The fourth-order valence-electron chi connectivity index (χ4n) is 3.24. The fourth-order valence-corrected chi connectivity index (χ4v) is 3.24. The van der Waals surface area contributed by atoms with Gasteiger partial charge in [-0.25, -0.2) is 0 Å². The van der Waals surface area contributed by atoms with Gasteiger partial charge in [-0.05, 0) is 50.9 Å². The number of nitrogens with one attached hydrogen (secondary N) is 1. The lowest BCUT2D eigenvalue weighted by molar-refractivity contribution is 0.0377. The van der Waals surface area contributed by atoms with Gasteiger partial charge in [0.05, 0.1) is 11.6 Å². The number of fused-ring (bicyclic) bond motifs is 1. The number of ether oxygens (including phenoxy) is 1. The number of benzene rings is 1. The van der Waals surface area contributed by atoms with Crippen molar-refractivity contribution in [3.05, 3.63) is 41.6 Å². The van der Waals surface area contributed by atoms with Crippen LogP contribution in [0.3, 0.4) is 0 Å². The quantitative estimate of drug-likeness (QED) is 0.929. The van der Waals surface area contributed by atoms with E-state index in [1.807, 2.05) is 13.2 Å². The van der Waals surface area contributed by atoms with E-state index in [0.717, 1.165) is 24.3 Å². The molecule has 2 heterocycles. The molecule has 1 fully saturated rings. The Balaban J connectivity index is 1.99. The molecule has 1 aliphatic heterocycles. The van der Waals surface area contributed by atoms with E-state index in [0.29, 0.717) is 5.92 Å². The van der Waals surface area contributed by atoms with E-state index in [1.54, 1.807) is 0 Å². The number of aromatic nitrogens is 1. The maximum Gasteiger partial charge on any atom is 0.0867 e. The lowest BCUT2D eigenvalue weighted by Crippen LogP contribution is -2.31. The van der Waals surface area contributed by atoms with E-state index in [9.17, 15) is 0 Å². The number of nitrogens with zero attached hydrogens (tertiary/aromatic N) is 1. The first kappa shape index (κ1) is 13.5. The number of piperidine rings is 1. The summed E-state index contributed by atoms with van der Waals surface area (Å²) in [7, 11) is 1.82. The van der Waals surface area contributed by atoms with Crippen molar-refractivity contribution in [2.24, 2.45) is 5.92 Å². The van der Waals surface area contributed by atoms with Crippen molar-refractivity contribution in [3.8, 4) is 0 Å². The molecule has 1 aromatic carbocycles. The Labute approximate surface area is 120 Å². The third kappa shape index (κ3) is 2.56. The number of hydrogen-bond donors (Lipinski definition) is 1. The van der Waals surface area contributed by atoms with Gasteiger partial charge in [0.2, 0.25) is 0 Å². The lowest BCUT2D eigenvalue weighted by Gasteiger charge is -2.30. The van der Waals surface area contributed by atoms with Crippen LogP contribution in [0.1, 0.15) is 30.2 Å². The molecule has 1 atom stereocenters. The molecule has 1 N–H and O–H groups in total. The van der Waals surface area contributed by atoms with Crippen LogP contribution in [0.4, 0.5) is 0 Å². The molecule has 1 saturated heterocycles. The van der Waals surface area contributed by atoms with Gasteiger partial charge in [0, 0.05) is 23.8 Å². The van der Waals surface area contributed by atoms with Crippen LogP contribution < -0.4 is 5.32 Å². The van der Waals surface area contributed by atoms with E-state index >= 15 is 0 Å². The van der Waals surface area contributed by atoms with Gasteiger partial charge in [-0.15, -0.1) is 0 Å². The molecule has 2 aromatic rings. The molecular formula is C17H22N2O. The van der Waals surface area contributed by atoms with Crippen molar-refractivity contribution < 1.29 is 4.74 Å². The highest BCUT2D eigenvalue weighted by molar-refractivity contribution is 5.79. The highest BCUT2D eigenvalue weighted by Gasteiger charge is 2.26. The van der Waals surface area contributed by atoms with Crippen molar-refractivity contribution >= 4 is 10.9 Å². The second-order valence-electron chi connectivity index (χ2n) is 5.60. The smallest absolute Gasteiger partial charge is 0.0867 e. The molecule has 3 rings (SSSR count). The maximum atomic E-state index is 5.84. The Bertz CT molecular complexity index is 591. The van der Waals surface area contributed by atoms with Gasteiger partial charge in [-0.3, -0.25) is 4.98 Å². The first-order chi connectivity index (χ1) is 9.79. The van der Waals surface area contributed by atoms with Gasteiger partial charge in [-0.1, -0.05) is 18.2 Å². The number of pyridine rings is 1. The van der Waals surface area contributed by atoms with Crippen molar-refractivity contribution in [2.75, 3.05) is 20.2 Å². The van der Waals surface area contributed by atoms with Gasteiger partial charge in [-0.2, -0.15) is 0 Å². The summed E-state index contributed by atoms with van der Waals surface area (Å²) in [6.45, 7) is 4.27. The molecule has 0 spiro atoms. The number of methoxy groups -OCH3 is 1. The summed E-state index contributed by atoms with van der Waals surface area (Å²) in [6, 6.07) is 10.6. The minimum atomic E-state index is 0.161. The highest BCUT2D eigenvalue weighted by atomic mass is 16.5. The Morgan fingerprint density at radius 3 is 2.75 bits per heavy atom. The normalized spacial score (nSPS) is 18.3. The molecule has 1 aromatic heterocycles. The maximum absolute atomic E-state index is 5.84. The minimum Gasteiger partial charge on any atom is -0.376 e. The van der Waals surface area contributed by atoms with Crippen molar-refractivity contribution in [3.63, 3.8) is 0 Å². The predicted octanol–water partition coefficient (Wildman–Crippen LogP) is 3.23. The second-order valence-corrected chi connectivity index (χ2v) is 5.60. The van der Waals surface area contributed by atoms with E-state index in [2.05, 4.69) is 36.5 Å². The van der Waals surface area contributed by atoms with E-state index in [-0.39, 0.29) is 6.10 Å². The van der Waals surface area contributed by atoms with Gasteiger partial charge in [0.25, 0.3) is 0 Å². The standard InChI is InChI=1S/C17H22N2O/c1-12-15(11-14-5-3-4-6-16(14)19-12)17(20-2)13-7-9-18-10-8-13/h3-6,11,13,17-18H,7-10H2,1-2H3. The summed E-state index contributed by atoms with van der Waals surface area (Å²) in [5.41, 5.74) is 3.40. The van der Waals surface area contributed by atoms with Crippen LogP contribution >= 0.6 is 0 Å². The summed E-state index contributed by atoms with van der Waals surface area (Å²) in [4.78, 5) is 4.74. The number of aryl methyl sites for hydroxylation is 1. The summed E-state index contributed by atoms with van der Waals surface area (Å²) in [5.74, 6) is 0.586. The first-order valence-corrected chi connectivity index (χ1v) is 7.39. The molecule has 3 heteroatoms. The SMILES string of the molecule is COC(c1cc2ccccc2nc1C)C1CCNCC1. The van der Waals surface area contributed by atoms with Crippen molar-refractivity contribution in [2.45, 2.75) is 25.9 Å². The molecule has 0 saturated carbocycles. The average molecular weight is 270 g/mol. The third-order valence-corrected chi connectivity index (χ3v) is 4.33. The summed E-state index contributed by atoms with van der Waals surface area (Å²) in [5, 5.41) is 4.62. The molecule has 1 aliphatic rings. The molecule has 106 valence electrons. The molecule has 0 bridgehead atoms. The van der Waals surface area contributed by atoms with Gasteiger partial charge in [0.15, 0.2) is 0 Å². The van der Waals surface area contributed by atoms with Crippen LogP contribution in [-0.2, 0) is 4.74 Å². The zero-order chi connectivity index (χ0) is 13.9. The second kappa shape index (κ2) is 5.90. The minimum absolute atomic E-state index is 0.161. The van der Waals surface area contributed by atoms with Gasteiger partial charge < -0.3 is 10.1 Å². The van der Waals surface area contributed by atoms with Crippen LogP contribution in [0.15, 0.2) is 30.3 Å². The van der Waals surface area contributed by atoms with Crippen molar-refractivity contribution in [1.82, 2.24) is 10.3 Å². The first-order valence-electron chi connectivity index (χ1n) is 7.39. The molecule has 0 radical (unpaired) electrons. The fraction of sp³-hybridized carbons (Fsp3) is 0.471. The van der Waals surface area contributed by atoms with Crippen LogP contribution in [0.2, 0.25) is 0 Å². The van der Waals surface area contributed by atoms with Crippen LogP contribution in [0.5, 0.6) is 0 Å². The van der Waals surface area contributed by atoms with Gasteiger partial charge >= 0.3 is 0 Å². The number of hydrogen-bond acceptors (Lipinski definition) is 3. The average Bonchev–Trinajstić information content (AvgIpc) is 2.49. The number of rotatable bonds is 3.